The number of halogens is 1. The fourth-order valence-electron chi connectivity index (χ4n) is 2.44. The molecule has 0 spiro atoms. The van der Waals surface area contributed by atoms with Gasteiger partial charge in [-0.15, -0.1) is 0 Å². The molecule has 0 amide bonds. The maximum absolute atomic E-state index is 6.01. The van der Waals surface area contributed by atoms with Gasteiger partial charge in [0.05, 0.1) is 0 Å². The van der Waals surface area contributed by atoms with E-state index in [1.165, 1.54) is 49.7 Å². The number of hydrogen-bond donors (Lipinski definition) is 1. The molecule has 1 unspecified atom stereocenters. The highest BCUT2D eigenvalue weighted by atomic mass is 35.5. The maximum Gasteiger partial charge on any atom is 0.0408 e. The minimum Gasteiger partial charge on any atom is -0.313 e. The van der Waals surface area contributed by atoms with Crippen molar-refractivity contribution in [2.75, 3.05) is 7.05 Å². The van der Waals surface area contributed by atoms with Gasteiger partial charge in [0.15, 0.2) is 0 Å². The Morgan fingerprint density at radius 1 is 1.17 bits per heavy atom. The third-order valence-corrected chi connectivity index (χ3v) is 3.79. The zero-order chi connectivity index (χ0) is 13.4. The van der Waals surface area contributed by atoms with Gasteiger partial charge in [-0.25, -0.2) is 0 Å². The summed E-state index contributed by atoms with van der Waals surface area (Å²) >= 11 is 6.01. The van der Waals surface area contributed by atoms with Gasteiger partial charge in [-0.1, -0.05) is 56.7 Å². The van der Waals surface area contributed by atoms with Crippen LogP contribution in [-0.2, 0) is 0 Å². The van der Waals surface area contributed by atoms with Crippen LogP contribution in [0.4, 0.5) is 0 Å². The summed E-state index contributed by atoms with van der Waals surface area (Å²) in [6, 6.07) is 6.66. The van der Waals surface area contributed by atoms with Crippen molar-refractivity contribution in [2.45, 2.75) is 58.4 Å². The van der Waals surface area contributed by atoms with Crippen molar-refractivity contribution in [3.8, 4) is 0 Å². The van der Waals surface area contributed by atoms with Gasteiger partial charge in [0, 0.05) is 11.1 Å². The average molecular weight is 268 g/mol. The Labute approximate surface area is 117 Å². The van der Waals surface area contributed by atoms with Crippen LogP contribution >= 0.6 is 11.6 Å². The van der Waals surface area contributed by atoms with E-state index < -0.39 is 0 Å². The molecule has 0 bridgehead atoms. The molecule has 0 fully saturated rings. The lowest BCUT2D eigenvalue weighted by molar-refractivity contribution is 0.499. The maximum atomic E-state index is 6.01. The summed E-state index contributed by atoms with van der Waals surface area (Å²) in [7, 11) is 2.05. The zero-order valence-electron chi connectivity index (χ0n) is 11.9. The second kappa shape index (κ2) is 8.55. The Bertz CT molecular complexity index is 349. The number of unbranched alkanes of at least 4 members (excludes halogenated alkanes) is 4. The second-order valence-corrected chi connectivity index (χ2v) is 5.48. The van der Waals surface area contributed by atoms with Gasteiger partial charge in [-0.3, -0.25) is 0 Å². The van der Waals surface area contributed by atoms with Crippen molar-refractivity contribution in [3.05, 3.63) is 34.3 Å². The molecular formula is C16H26ClN. The Balaban J connectivity index is 2.49. The molecule has 102 valence electrons. The van der Waals surface area contributed by atoms with E-state index >= 15 is 0 Å². The molecule has 1 aromatic carbocycles. The highest BCUT2D eigenvalue weighted by Crippen LogP contribution is 2.25. The predicted octanol–water partition coefficient (Wildman–Crippen LogP) is 5.27. The molecule has 1 aromatic rings. The smallest absolute Gasteiger partial charge is 0.0408 e. The minimum atomic E-state index is 0.462. The molecule has 0 saturated carbocycles. The molecule has 0 aliphatic carbocycles. The van der Waals surface area contributed by atoms with Crippen LogP contribution in [0.25, 0.3) is 0 Å². The molecule has 0 radical (unpaired) electrons. The van der Waals surface area contributed by atoms with Gasteiger partial charge in [-0.05, 0) is 43.7 Å². The number of aryl methyl sites for hydroxylation is 1. The van der Waals surface area contributed by atoms with Crippen LogP contribution in [0.1, 0.15) is 62.6 Å². The van der Waals surface area contributed by atoms with Crippen LogP contribution in [0.2, 0.25) is 5.02 Å². The number of benzene rings is 1. The summed E-state index contributed by atoms with van der Waals surface area (Å²) in [6.45, 7) is 4.40. The molecule has 1 rings (SSSR count). The molecule has 0 aliphatic heterocycles. The van der Waals surface area contributed by atoms with Crippen LogP contribution in [0.3, 0.4) is 0 Å². The van der Waals surface area contributed by atoms with Gasteiger partial charge in [0.2, 0.25) is 0 Å². The number of hydrogen-bond acceptors (Lipinski definition) is 1. The first-order valence-corrected chi connectivity index (χ1v) is 7.50. The molecule has 0 saturated heterocycles. The summed E-state index contributed by atoms with van der Waals surface area (Å²) in [6.07, 6.45) is 7.90. The Hall–Kier alpha value is -0.530. The summed E-state index contributed by atoms with van der Waals surface area (Å²) in [5, 5.41) is 4.25. The van der Waals surface area contributed by atoms with Crippen LogP contribution in [0.5, 0.6) is 0 Å². The van der Waals surface area contributed by atoms with E-state index in [1.807, 2.05) is 13.1 Å². The topological polar surface area (TPSA) is 12.0 Å². The van der Waals surface area contributed by atoms with Gasteiger partial charge in [0.1, 0.15) is 0 Å². The third-order valence-electron chi connectivity index (χ3n) is 3.55. The molecule has 1 atom stereocenters. The second-order valence-electron chi connectivity index (χ2n) is 5.05. The van der Waals surface area contributed by atoms with Crippen molar-refractivity contribution >= 4 is 11.6 Å². The Morgan fingerprint density at radius 3 is 2.50 bits per heavy atom. The first-order valence-electron chi connectivity index (χ1n) is 7.12. The molecule has 18 heavy (non-hydrogen) atoms. The van der Waals surface area contributed by atoms with E-state index in [-0.39, 0.29) is 0 Å². The highest BCUT2D eigenvalue weighted by molar-refractivity contribution is 6.30. The summed E-state index contributed by atoms with van der Waals surface area (Å²) in [4.78, 5) is 0. The minimum absolute atomic E-state index is 0.462. The van der Waals surface area contributed by atoms with E-state index in [0.717, 1.165) is 5.02 Å². The third kappa shape index (κ3) is 4.99. The van der Waals surface area contributed by atoms with E-state index in [4.69, 9.17) is 11.6 Å². The predicted molar refractivity (Wildman–Crippen MR) is 81.4 cm³/mol. The van der Waals surface area contributed by atoms with Crippen molar-refractivity contribution in [1.82, 2.24) is 5.32 Å². The number of nitrogens with one attached hydrogen (secondary N) is 1. The lowest BCUT2D eigenvalue weighted by Crippen LogP contribution is -2.17. The largest absolute Gasteiger partial charge is 0.313 e. The van der Waals surface area contributed by atoms with E-state index in [1.54, 1.807) is 0 Å². The molecule has 1 N–H and O–H groups in total. The lowest BCUT2D eigenvalue weighted by Gasteiger charge is -2.19. The molecule has 0 heterocycles. The average Bonchev–Trinajstić information content (AvgIpc) is 2.35. The monoisotopic (exact) mass is 267 g/mol. The summed E-state index contributed by atoms with van der Waals surface area (Å²) < 4.78 is 0. The van der Waals surface area contributed by atoms with Crippen LogP contribution in [0.15, 0.2) is 18.2 Å². The molecule has 1 nitrogen and oxygen atoms in total. The van der Waals surface area contributed by atoms with Crippen LogP contribution in [0, 0.1) is 6.92 Å². The van der Waals surface area contributed by atoms with Crippen molar-refractivity contribution in [3.63, 3.8) is 0 Å². The van der Waals surface area contributed by atoms with E-state index in [0.29, 0.717) is 6.04 Å². The van der Waals surface area contributed by atoms with E-state index in [9.17, 15) is 0 Å². The van der Waals surface area contributed by atoms with Crippen LogP contribution in [-0.4, -0.2) is 7.05 Å². The molecule has 0 aliphatic rings. The highest BCUT2D eigenvalue weighted by Gasteiger charge is 2.11. The Morgan fingerprint density at radius 2 is 1.89 bits per heavy atom. The SMILES string of the molecule is CCCCCCCC(NC)c1ccc(Cl)cc1C. The Kier molecular flexibility index (Phi) is 7.38. The number of rotatable bonds is 8. The lowest BCUT2D eigenvalue weighted by atomic mass is 9.96. The zero-order valence-corrected chi connectivity index (χ0v) is 12.7. The molecule has 0 aromatic heterocycles. The fourth-order valence-corrected chi connectivity index (χ4v) is 2.66. The summed E-state index contributed by atoms with van der Waals surface area (Å²) in [5.41, 5.74) is 2.67. The van der Waals surface area contributed by atoms with Gasteiger partial charge in [-0.2, -0.15) is 0 Å². The first kappa shape index (κ1) is 15.5. The summed E-state index contributed by atoms with van der Waals surface area (Å²) in [5.74, 6) is 0. The van der Waals surface area contributed by atoms with Gasteiger partial charge >= 0.3 is 0 Å². The molecule has 2 heteroatoms. The quantitative estimate of drug-likeness (QED) is 0.633. The van der Waals surface area contributed by atoms with Crippen molar-refractivity contribution < 1.29 is 0 Å². The van der Waals surface area contributed by atoms with Gasteiger partial charge < -0.3 is 5.32 Å². The van der Waals surface area contributed by atoms with Gasteiger partial charge in [0.25, 0.3) is 0 Å². The van der Waals surface area contributed by atoms with Crippen molar-refractivity contribution in [1.29, 1.82) is 0 Å². The van der Waals surface area contributed by atoms with Crippen LogP contribution < -0.4 is 5.32 Å². The van der Waals surface area contributed by atoms with Crippen molar-refractivity contribution in [2.24, 2.45) is 0 Å². The molecular weight excluding hydrogens is 242 g/mol. The van der Waals surface area contributed by atoms with E-state index in [2.05, 4.69) is 31.3 Å². The normalized spacial score (nSPS) is 12.7. The fraction of sp³-hybridized carbons (Fsp3) is 0.625. The standard InChI is InChI=1S/C16H26ClN/c1-4-5-6-7-8-9-16(18-3)15-11-10-14(17)12-13(15)2/h10-12,16,18H,4-9H2,1-3H3. The first-order chi connectivity index (χ1) is 8.69.